The quantitative estimate of drug-likeness (QED) is 0.749. The zero-order valence-electron chi connectivity index (χ0n) is 13.3. The summed E-state index contributed by atoms with van der Waals surface area (Å²) in [6.07, 6.45) is 1.18. The van der Waals surface area contributed by atoms with Gasteiger partial charge in [0, 0.05) is 0 Å². The van der Waals surface area contributed by atoms with Crippen LogP contribution in [0.15, 0.2) is 12.1 Å². The van der Waals surface area contributed by atoms with Crippen LogP contribution >= 0.6 is 0 Å². The van der Waals surface area contributed by atoms with Crippen LogP contribution in [0.1, 0.15) is 49.8 Å². The summed E-state index contributed by atoms with van der Waals surface area (Å²) in [5, 5.41) is 3.52. The number of rotatable bonds is 7. The molecular weight excluding hydrogens is 234 g/mol. The molecule has 0 heterocycles. The fraction of sp³-hybridized carbons (Fsp3) is 0.647. The molecule has 2 nitrogen and oxygen atoms in total. The van der Waals surface area contributed by atoms with Crippen LogP contribution in [-0.4, -0.2) is 20.2 Å². The summed E-state index contributed by atoms with van der Waals surface area (Å²) in [5.74, 6) is 2.30. The van der Waals surface area contributed by atoms with E-state index in [0.717, 1.165) is 24.8 Å². The van der Waals surface area contributed by atoms with Crippen LogP contribution in [0.5, 0.6) is 5.75 Å². The number of ether oxygens (including phenoxy) is 1. The summed E-state index contributed by atoms with van der Waals surface area (Å²) in [4.78, 5) is 0. The molecule has 0 spiro atoms. The van der Waals surface area contributed by atoms with Crippen LogP contribution in [0.25, 0.3) is 0 Å². The summed E-state index contributed by atoms with van der Waals surface area (Å²) in [7, 11) is 1.74. The van der Waals surface area contributed by atoms with E-state index in [0.29, 0.717) is 5.92 Å². The number of aryl methyl sites for hydroxylation is 2. The number of hydrogen-bond donors (Lipinski definition) is 1. The third-order valence-corrected chi connectivity index (χ3v) is 3.62. The van der Waals surface area contributed by atoms with Gasteiger partial charge >= 0.3 is 0 Å². The molecule has 0 bridgehead atoms. The highest BCUT2D eigenvalue weighted by molar-refractivity contribution is 5.42. The molecule has 108 valence electrons. The normalized spacial score (nSPS) is 12.8. The zero-order valence-corrected chi connectivity index (χ0v) is 13.3. The van der Waals surface area contributed by atoms with Gasteiger partial charge in [0.05, 0.1) is 7.11 Å². The molecule has 0 amide bonds. The molecule has 1 unspecified atom stereocenters. The molecule has 0 radical (unpaired) electrons. The van der Waals surface area contributed by atoms with Crippen molar-refractivity contribution in [3.05, 3.63) is 28.8 Å². The predicted molar refractivity (Wildman–Crippen MR) is 83.2 cm³/mol. The molecule has 1 rings (SSSR count). The van der Waals surface area contributed by atoms with Gasteiger partial charge in [-0.3, -0.25) is 0 Å². The van der Waals surface area contributed by atoms with Crippen molar-refractivity contribution in [2.24, 2.45) is 5.92 Å². The highest BCUT2D eigenvalue weighted by atomic mass is 16.5. The van der Waals surface area contributed by atoms with Gasteiger partial charge in [0.2, 0.25) is 0 Å². The van der Waals surface area contributed by atoms with E-state index in [4.69, 9.17) is 4.74 Å². The van der Waals surface area contributed by atoms with Crippen molar-refractivity contribution in [1.82, 2.24) is 5.32 Å². The second-order valence-electron chi connectivity index (χ2n) is 5.97. The fourth-order valence-electron chi connectivity index (χ4n) is 2.43. The minimum absolute atomic E-state index is 0.587. The number of nitrogens with one attached hydrogen (secondary N) is 1. The minimum atomic E-state index is 0.587. The van der Waals surface area contributed by atoms with Gasteiger partial charge in [-0.05, 0) is 68.0 Å². The van der Waals surface area contributed by atoms with Crippen molar-refractivity contribution in [3.8, 4) is 5.75 Å². The Morgan fingerprint density at radius 3 is 2.37 bits per heavy atom. The Kier molecular flexibility index (Phi) is 6.36. The maximum atomic E-state index is 5.37. The topological polar surface area (TPSA) is 21.3 Å². The molecule has 1 N–H and O–H groups in total. The van der Waals surface area contributed by atoms with Crippen LogP contribution in [0.3, 0.4) is 0 Å². The smallest absolute Gasteiger partial charge is 0.122 e. The standard InChI is InChI=1S/C17H29NO/c1-12(2)11-18-8-7-13(3)16-9-15(5)17(19-6)10-14(16)4/h9-10,12-13,18H,7-8,11H2,1-6H3. The van der Waals surface area contributed by atoms with Crippen molar-refractivity contribution in [2.45, 2.75) is 47.0 Å². The zero-order chi connectivity index (χ0) is 14.4. The van der Waals surface area contributed by atoms with Gasteiger partial charge in [0.15, 0.2) is 0 Å². The summed E-state index contributed by atoms with van der Waals surface area (Å²) in [6.45, 7) is 13.3. The van der Waals surface area contributed by atoms with E-state index in [2.05, 4.69) is 52.1 Å². The lowest BCUT2D eigenvalue weighted by Gasteiger charge is -2.18. The molecule has 1 aromatic rings. The molecule has 2 heteroatoms. The van der Waals surface area contributed by atoms with Gasteiger partial charge < -0.3 is 10.1 Å². The van der Waals surface area contributed by atoms with Crippen LogP contribution in [-0.2, 0) is 0 Å². The maximum absolute atomic E-state index is 5.37. The molecule has 0 saturated heterocycles. The van der Waals surface area contributed by atoms with Gasteiger partial charge in [0.1, 0.15) is 5.75 Å². The van der Waals surface area contributed by atoms with E-state index in [1.807, 2.05) is 0 Å². The second-order valence-corrected chi connectivity index (χ2v) is 5.97. The van der Waals surface area contributed by atoms with Crippen molar-refractivity contribution < 1.29 is 4.74 Å². The Labute approximate surface area is 118 Å². The summed E-state index contributed by atoms with van der Waals surface area (Å²) < 4.78 is 5.37. The van der Waals surface area contributed by atoms with E-state index >= 15 is 0 Å². The summed E-state index contributed by atoms with van der Waals surface area (Å²) >= 11 is 0. The van der Waals surface area contributed by atoms with Crippen molar-refractivity contribution >= 4 is 0 Å². The van der Waals surface area contributed by atoms with Gasteiger partial charge in [-0.15, -0.1) is 0 Å². The second kappa shape index (κ2) is 7.54. The van der Waals surface area contributed by atoms with Gasteiger partial charge in [-0.25, -0.2) is 0 Å². The SMILES string of the molecule is COc1cc(C)c(C(C)CCNCC(C)C)cc1C. The number of hydrogen-bond acceptors (Lipinski definition) is 2. The minimum Gasteiger partial charge on any atom is -0.496 e. The molecule has 0 aliphatic rings. The van der Waals surface area contributed by atoms with Gasteiger partial charge in [-0.2, -0.15) is 0 Å². The van der Waals surface area contributed by atoms with Crippen molar-refractivity contribution in [1.29, 1.82) is 0 Å². The van der Waals surface area contributed by atoms with Crippen LogP contribution in [0, 0.1) is 19.8 Å². The van der Waals surface area contributed by atoms with E-state index < -0.39 is 0 Å². The highest BCUT2D eigenvalue weighted by Gasteiger charge is 2.11. The largest absolute Gasteiger partial charge is 0.496 e. The van der Waals surface area contributed by atoms with Gasteiger partial charge in [-0.1, -0.05) is 26.8 Å². The first-order valence-electron chi connectivity index (χ1n) is 7.31. The highest BCUT2D eigenvalue weighted by Crippen LogP contribution is 2.28. The molecule has 19 heavy (non-hydrogen) atoms. The molecular formula is C17H29NO. The third-order valence-electron chi connectivity index (χ3n) is 3.62. The lowest BCUT2D eigenvalue weighted by atomic mass is 9.92. The monoisotopic (exact) mass is 263 g/mol. The molecule has 0 saturated carbocycles. The average Bonchev–Trinajstić information content (AvgIpc) is 2.36. The first-order valence-corrected chi connectivity index (χ1v) is 7.31. The Hall–Kier alpha value is -1.02. The van der Waals surface area contributed by atoms with Gasteiger partial charge in [0.25, 0.3) is 0 Å². The molecule has 0 aliphatic heterocycles. The van der Waals surface area contributed by atoms with E-state index in [-0.39, 0.29) is 0 Å². The lowest BCUT2D eigenvalue weighted by Crippen LogP contribution is -2.22. The van der Waals surface area contributed by atoms with E-state index in [1.54, 1.807) is 7.11 Å². The van der Waals surface area contributed by atoms with E-state index in [1.165, 1.54) is 23.1 Å². The molecule has 1 aromatic carbocycles. The first-order chi connectivity index (χ1) is 8.95. The summed E-state index contributed by atoms with van der Waals surface area (Å²) in [6, 6.07) is 4.43. The van der Waals surface area contributed by atoms with Crippen LogP contribution in [0.4, 0.5) is 0 Å². The Bertz CT molecular complexity index is 398. The Morgan fingerprint density at radius 2 is 1.79 bits per heavy atom. The predicted octanol–water partition coefficient (Wildman–Crippen LogP) is 4.05. The number of methoxy groups -OCH3 is 1. The Morgan fingerprint density at radius 1 is 1.11 bits per heavy atom. The fourth-order valence-corrected chi connectivity index (χ4v) is 2.43. The first kappa shape index (κ1) is 16.0. The lowest BCUT2D eigenvalue weighted by molar-refractivity contribution is 0.411. The van der Waals surface area contributed by atoms with Crippen molar-refractivity contribution in [3.63, 3.8) is 0 Å². The maximum Gasteiger partial charge on any atom is 0.122 e. The van der Waals surface area contributed by atoms with Crippen LogP contribution < -0.4 is 10.1 Å². The molecule has 1 atom stereocenters. The molecule has 0 fully saturated rings. The molecule has 0 aromatic heterocycles. The summed E-state index contributed by atoms with van der Waals surface area (Å²) in [5.41, 5.74) is 4.01. The number of benzene rings is 1. The van der Waals surface area contributed by atoms with Crippen LogP contribution in [0.2, 0.25) is 0 Å². The van der Waals surface area contributed by atoms with E-state index in [9.17, 15) is 0 Å². The third kappa shape index (κ3) is 4.87. The van der Waals surface area contributed by atoms with Crippen molar-refractivity contribution in [2.75, 3.05) is 20.2 Å². The molecule has 0 aliphatic carbocycles. The Balaban J connectivity index is 2.61. The average molecular weight is 263 g/mol.